The largest absolute Gasteiger partial charge is 0.355 e. The first-order valence-electron chi connectivity index (χ1n) is 5.48. The van der Waals surface area contributed by atoms with Crippen molar-refractivity contribution in [3.63, 3.8) is 0 Å². The summed E-state index contributed by atoms with van der Waals surface area (Å²) in [5.41, 5.74) is 4.91. The van der Waals surface area contributed by atoms with Crippen LogP contribution in [0.25, 0.3) is 22.2 Å². The van der Waals surface area contributed by atoms with E-state index in [9.17, 15) is 0 Å². The second kappa shape index (κ2) is 3.53. The first-order valence-corrected chi connectivity index (χ1v) is 5.48. The molecule has 1 heteroatoms. The number of aryl methyl sites for hydroxylation is 1. The second-order valence-electron chi connectivity index (χ2n) is 4.14. The van der Waals surface area contributed by atoms with E-state index in [0.29, 0.717) is 0 Å². The highest BCUT2D eigenvalue weighted by Crippen LogP contribution is 2.24. The minimum absolute atomic E-state index is 0. The Hall–Kier alpha value is -2.02. The van der Waals surface area contributed by atoms with E-state index < -0.39 is 0 Å². The average Bonchev–Trinajstić information content (AvgIpc) is 2.73. The molecule has 2 aromatic carbocycles. The highest BCUT2D eigenvalue weighted by atomic mass is 14.7. The smallest absolute Gasteiger partial charge is 0.0464 e. The van der Waals surface area contributed by atoms with Crippen LogP contribution in [-0.2, 0) is 0 Å². The number of benzene rings is 2. The van der Waals surface area contributed by atoms with Gasteiger partial charge < -0.3 is 4.98 Å². The lowest BCUT2D eigenvalue weighted by Crippen LogP contribution is -1.75. The molecule has 1 aromatic heterocycles. The first-order chi connectivity index (χ1) is 7.83. The molecule has 0 aliphatic rings. The van der Waals surface area contributed by atoms with E-state index in [1.165, 1.54) is 27.7 Å². The maximum absolute atomic E-state index is 3.45. The molecule has 1 N–H and O–H groups in total. The molecule has 3 rings (SSSR count). The Balaban J connectivity index is 0.00000108. The normalized spacial score (nSPS) is 10.8. The van der Waals surface area contributed by atoms with Crippen LogP contribution in [0.1, 0.15) is 6.99 Å². The van der Waals surface area contributed by atoms with Crippen LogP contribution in [0.4, 0.5) is 0 Å². The van der Waals surface area contributed by atoms with E-state index in [2.05, 4.69) is 60.4 Å². The van der Waals surface area contributed by atoms with Crippen molar-refractivity contribution in [3.05, 3.63) is 60.2 Å². The highest BCUT2D eigenvalue weighted by Gasteiger charge is 2.02. The van der Waals surface area contributed by atoms with E-state index in [1.807, 2.05) is 6.07 Å². The number of aromatic amines is 1. The summed E-state index contributed by atoms with van der Waals surface area (Å²) in [5.74, 6) is 0. The van der Waals surface area contributed by atoms with Crippen LogP contribution in [0.3, 0.4) is 0 Å². The monoisotopic (exact) mass is 209 g/mol. The zero-order chi connectivity index (χ0) is 11.0. The van der Waals surface area contributed by atoms with Crippen molar-refractivity contribution in [1.29, 1.82) is 0 Å². The zero-order valence-electron chi connectivity index (χ0n) is 9.20. The Kier molecular flexibility index (Phi) is 2.03. The number of hydrogen-bond acceptors (Lipinski definition) is 0. The van der Waals surface area contributed by atoms with Crippen LogP contribution in [0.5, 0.6) is 0 Å². The van der Waals surface area contributed by atoms with Crippen LogP contribution in [-0.4, -0.2) is 4.98 Å². The quantitative estimate of drug-likeness (QED) is 0.611. The van der Waals surface area contributed by atoms with Gasteiger partial charge in [0.25, 0.3) is 0 Å². The maximum atomic E-state index is 3.45. The summed E-state index contributed by atoms with van der Waals surface area (Å²) in [5, 5.41) is 1.27. The summed E-state index contributed by atoms with van der Waals surface area (Å²) in [4.78, 5) is 3.45. The van der Waals surface area contributed by atoms with Gasteiger partial charge in [-0.05, 0) is 30.2 Å². The molecule has 16 heavy (non-hydrogen) atoms. The molecule has 0 aliphatic heterocycles. The zero-order valence-corrected chi connectivity index (χ0v) is 9.20. The fraction of sp³-hybridized carbons (Fsp3) is 0.0667. The Bertz CT molecular complexity index is 626. The molecule has 80 valence electrons. The van der Waals surface area contributed by atoms with Gasteiger partial charge in [-0.1, -0.05) is 42.5 Å². The lowest BCUT2D eigenvalue weighted by Gasteiger charge is -1.95. The Morgan fingerprint density at radius 1 is 0.938 bits per heavy atom. The Labute approximate surface area is 96.2 Å². The summed E-state index contributed by atoms with van der Waals surface area (Å²) in [6.45, 7) is 2.11. The minimum Gasteiger partial charge on any atom is -0.355 e. The number of hydrogen-bond donors (Lipinski definition) is 1. The van der Waals surface area contributed by atoms with Gasteiger partial charge in [-0.25, -0.2) is 0 Å². The molecule has 0 atom stereocenters. The lowest BCUT2D eigenvalue weighted by atomic mass is 10.1. The third kappa shape index (κ3) is 1.50. The van der Waals surface area contributed by atoms with Crippen molar-refractivity contribution < 1.29 is 1.43 Å². The molecule has 0 saturated carbocycles. The molecule has 1 nitrogen and oxygen atoms in total. The molecule has 0 bridgehead atoms. The molecular formula is C15H15N. The second-order valence-corrected chi connectivity index (χ2v) is 4.14. The van der Waals surface area contributed by atoms with Gasteiger partial charge in [-0.2, -0.15) is 0 Å². The van der Waals surface area contributed by atoms with Gasteiger partial charge in [0.2, 0.25) is 0 Å². The third-order valence-electron chi connectivity index (χ3n) is 2.86. The van der Waals surface area contributed by atoms with Gasteiger partial charge in [0.05, 0.1) is 0 Å². The van der Waals surface area contributed by atoms with Crippen molar-refractivity contribution in [1.82, 2.24) is 4.98 Å². The van der Waals surface area contributed by atoms with Crippen molar-refractivity contribution in [2.45, 2.75) is 6.92 Å². The van der Waals surface area contributed by atoms with E-state index in [1.54, 1.807) is 0 Å². The van der Waals surface area contributed by atoms with E-state index >= 15 is 0 Å². The molecule has 0 saturated heterocycles. The summed E-state index contributed by atoms with van der Waals surface area (Å²) in [7, 11) is 0. The Morgan fingerprint density at radius 3 is 2.56 bits per heavy atom. The SMILES string of the molecule is Cc1ccc2cc(-c3ccccc3)[nH]c2c1.[HH]. The summed E-state index contributed by atoms with van der Waals surface area (Å²) >= 11 is 0. The predicted molar refractivity (Wildman–Crippen MR) is 70.6 cm³/mol. The molecule has 1 heterocycles. The Morgan fingerprint density at radius 2 is 1.75 bits per heavy atom. The van der Waals surface area contributed by atoms with Gasteiger partial charge in [0, 0.05) is 18.0 Å². The lowest BCUT2D eigenvalue weighted by molar-refractivity contribution is 1.43. The van der Waals surface area contributed by atoms with E-state index in [0.717, 1.165) is 0 Å². The third-order valence-corrected chi connectivity index (χ3v) is 2.86. The standard InChI is InChI=1S/C15H13N.H2/c1-11-7-8-13-10-15(16-14(13)9-11)12-5-3-2-4-6-12;/h2-10,16H,1H3;1H. The van der Waals surface area contributed by atoms with Crippen LogP contribution in [0.2, 0.25) is 0 Å². The first kappa shape index (κ1) is 9.22. The maximum Gasteiger partial charge on any atom is 0.0464 e. The molecular weight excluding hydrogens is 194 g/mol. The summed E-state index contributed by atoms with van der Waals surface area (Å²) in [6.07, 6.45) is 0. The van der Waals surface area contributed by atoms with Crippen molar-refractivity contribution >= 4 is 10.9 Å². The minimum atomic E-state index is 0. The molecule has 0 amide bonds. The van der Waals surface area contributed by atoms with Gasteiger partial charge >= 0.3 is 0 Å². The number of rotatable bonds is 1. The highest BCUT2D eigenvalue weighted by molar-refractivity contribution is 5.86. The number of aromatic nitrogens is 1. The molecule has 0 fully saturated rings. The molecule has 0 unspecified atom stereocenters. The molecule has 3 aromatic rings. The van der Waals surface area contributed by atoms with Gasteiger partial charge in [-0.15, -0.1) is 0 Å². The number of H-pyrrole nitrogens is 1. The van der Waals surface area contributed by atoms with Gasteiger partial charge in [-0.3, -0.25) is 0 Å². The van der Waals surface area contributed by atoms with Crippen LogP contribution >= 0.6 is 0 Å². The summed E-state index contributed by atoms with van der Waals surface area (Å²) in [6, 6.07) is 19.1. The van der Waals surface area contributed by atoms with Gasteiger partial charge in [0.1, 0.15) is 0 Å². The van der Waals surface area contributed by atoms with Crippen molar-refractivity contribution in [2.75, 3.05) is 0 Å². The number of nitrogens with one attached hydrogen (secondary N) is 1. The van der Waals surface area contributed by atoms with Gasteiger partial charge in [0.15, 0.2) is 0 Å². The van der Waals surface area contributed by atoms with Crippen LogP contribution in [0, 0.1) is 6.92 Å². The average molecular weight is 209 g/mol. The fourth-order valence-electron chi connectivity index (χ4n) is 2.01. The van der Waals surface area contributed by atoms with E-state index in [-0.39, 0.29) is 1.43 Å². The van der Waals surface area contributed by atoms with Crippen LogP contribution in [0.15, 0.2) is 54.6 Å². The predicted octanol–water partition coefficient (Wildman–Crippen LogP) is 4.39. The molecule has 0 spiro atoms. The van der Waals surface area contributed by atoms with E-state index in [4.69, 9.17) is 0 Å². The molecule has 0 radical (unpaired) electrons. The summed E-state index contributed by atoms with van der Waals surface area (Å²) < 4.78 is 0. The topological polar surface area (TPSA) is 15.8 Å². The fourth-order valence-corrected chi connectivity index (χ4v) is 2.01. The van der Waals surface area contributed by atoms with Crippen LogP contribution < -0.4 is 0 Å². The number of fused-ring (bicyclic) bond motifs is 1. The molecule has 0 aliphatic carbocycles. The van der Waals surface area contributed by atoms with Crippen molar-refractivity contribution in [2.24, 2.45) is 0 Å². The van der Waals surface area contributed by atoms with Crippen molar-refractivity contribution in [3.8, 4) is 11.3 Å².